The van der Waals surface area contributed by atoms with Crippen molar-refractivity contribution >= 4 is 85.3 Å². The highest BCUT2D eigenvalue weighted by atomic mass is 79.9. The monoisotopic (exact) mass is 534 g/mol. The molecule has 0 bridgehead atoms. The molecule has 0 saturated heterocycles. The SMILES string of the molecule is O[C@@H](CBr)c1cc2c(Br)cc(Br)cc2c2cc(Br)ccc12. The van der Waals surface area contributed by atoms with E-state index in [1.165, 1.54) is 0 Å². The van der Waals surface area contributed by atoms with Crippen LogP contribution in [0.5, 0.6) is 0 Å². The molecule has 0 fully saturated rings. The second-order valence-corrected chi connectivity index (χ2v) is 8.14. The normalized spacial score (nSPS) is 13.0. The van der Waals surface area contributed by atoms with E-state index in [9.17, 15) is 5.11 Å². The summed E-state index contributed by atoms with van der Waals surface area (Å²) in [5.74, 6) is 0. The van der Waals surface area contributed by atoms with Gasteiger partial charge in [0.1, 0.15) is 0 Å². The molecule has 3 aromatic rings. The largest absolute Gasteiger partial charge is 0.388 e. The molecule has 3 aromatic carbocycles. The number of halogens is 4. The summed E-state index contributed by atoms with van der Waals surface area (Å²) in [7, 11) is 0. The van der Waals surface area contributed by atoms with Gasteiger partial charge < -0.3 is 5.11 Å². The number of aliphatic hydroxyl groups excluding tert-OH is 1. The van der Waals surface area contributed by atoms with Crippen LogP contribution in [0.4, 0.5) is 0 Å². The molecule has 3 rings (SSSR count). The highest BCUT2D eigenvalue weighted by Gasteiger charge is 2.15. The second-order valence-electron chi connectivity index (χ2n) is 4.81. The molecular weight excluding hydrogens is 528 g/mol. The Kier molecular flexibility index (Phi) is 4.77. The molecule has 0 aliphatic carbocycles. The Morgan fingerprint density at radius 3 is 2.19 bits per heavy atom. The van der Waals surface area contributed by atoms with Crippen molar-refractivity contribution in [1.29, 1.82) is 0 Å². The van der Waals surface area contributed by atoms with Crippen molar-refractivity contribution in [2.24, 2.45) is 0 Å². The van der Waals surface area contributed by atoms with Gasteiger partial charge in [-0.3, -0.25) is 0 Å². The molecule has 0 aliphatic heterocycles. The van der Waals surface area contributed by atoms with Crippen LogP contribution in [0.3, 0.4) is 0 Å². The first-order valence-electron chi connectivity index (χ1n) is 6.26. The molecule has 21 heavy (non-hydrogen) atoms. The smallest absolute Gasteiger partial charge is 0.0893 e. The average Bonchev–Trinajstić information content (AvgIpc) is 2.45. The topological polar surface area (TPSA) is 20.2 Å². The van der Waals surface area contributed by atoms with Crippen molar-refractivity contribution < 1.29 is 5.11 Å². The van der Waals surface area contributed by atoms with Crippen LogP contribution in [0.15, 0.2) is 49.8 Å². The van der Waals surface area contributed by atoms with Crippen LogP contribution >= 0.6 is 63.7 Å². The highest BCUT2D eigenvalue weighted by molar-refractivity contribution is 9.11. The number of benzene rings is 3. The van der Waals surface area contributed by atoms with Gasteiger partial charge in [-0.2, -0.15) is 0 Å². The molecule has 1 atom stereocenters. The first-order valence-corrected chi connectivity index (χ1v) is 9.76. The van der Waals surface area contributed by atoms with Crippen LogP contribution in [-0.4, -0.2) is 10.4 Å². The second kappa shape index (κ2) is 6.28. The van der Waals surface area contributed by atoms with Crippen LogP contribution in [0.1, 0.15) is 11.7 Å². The summed E-state index contributed by atoms with van der Waals surface area (Å²) in [6.07, 6.45) is -0.534. The molecule has 0 spiro atoms. The third-order valence-electron chi connectivity index (χ3n) is 3.48. The quantitative estimate of drug-likeness (QED) is 0.285. The minimum absolute atomic E-state index is 0.512. The predicted octanol–water partition coefficient (Wildman–Crippen LogP) is 6.71. The minimum Gasteiger partial charge on any atom is -0.388 e. The van der Waals surface area contributed by atoms with Crippen LogP contribution in [0, 0.1) is 0 Å². The molecule has 108 valence electrons. The van der Waals surface area contributed by atoms with Crippen molar-refractivity contribution in [2.45, 2.75) is 6.10 Å². The van der Waals surface area contributed by atoms with Gasteiger partial charge >= 0.3 is 0 Å². The summed E-state index contributed by atoms with van der Waals surface area (Å²) in [5, 5.41) is 15.3. The average molecular weight is 538 g/mol. The Morgan fingerprint density at radius 1 is 0.810 bits per heavy atom. The van der Waals surface area contributed by atoms with E-state index in [-0.39, 0.29) is 0 Å². The maximum atomic E-state index is 10.3. The first kappa shape index (κ1) is 15.9. The summed E-state index contributed by atoms with van der Waals surface area (Å²) in [6, 6.07) is 12.4. The number of aliphatic hydroxyl groups is 1. The first-order chi connectivity index (χ1) is 10.0. The van der Waals surface area contributed by atoms with E-state index in [0.717, 1.165) is 40.5 Å². The lowest BCUT2D eigenvalue weighted by molar-refractivity contribution is 0.207. The fraction of sp³-hybridized carbons (Fsp3) is 0.125. The van der Waals surface area contributed by atoms with E-state index < -0.39 is 6.10 Å². The predicted molar refractivity (Wildman–Crippen MR) is 103 cm³/mol. The van der Waals surface area contributed by atoms with Crippen molar-refractivity contribution in [3.8, 4) is 0 Å². The van der Waals surface area contributed by atoms with Gasteiger partial charge in [-0.25, -0.2) is 0 Å². The van der Waals surface area contributed by atoms with Gasteiger partial charge in [-0.05, 0) is 57.4 Å². The zero-order valence-electron chi connectivity index (χ0n) is 10.7. The Morgan fingerprint density at radius 2 is 1.48 bits per heavy atom. The van der Waals surface area contributed by atoms with Crippen molar-refractivity contribution in [3.05, 3.63) is 55.4 Å². The lowest BCUT2D eigenvalue weighted by Crippen LogP contribution is -2.00. The summed E-state index contributed by atoms with van der Waals surface area (Å²) >= 11 is 14.1. The molecule has 0 radical (unpaired) electrons. The fourth-order valence-electron chi connectivity index (χ4n) is 2.54. The molecule has 0 aromatic heterocycles. The van der Waals surface area contributed by atoms with Gasteiger partial charge in [0.2, 0.25) is 0 Å². The molecule has 0 heterocycles. The van der Waals surface area contributed by atoms with Gasteiger partial charge in [-0.15, -0.1) is 0 Å². The van der Waals surface area contributed by atoms with E-state index in [1.54, 1.807) is 0 Å². The number of hydrogen-bond donors (Lipinski definition) is 1. The Bertz CT molecular complexity index is 845. The molecule has 0 amide bonds. The molecule has 0 saturated carbocycles. The Hall–Kier alpha value is 0.0600. The number of fused-ring (bicyclic) bond motifs is 3. The van der Waals surface area contributed by atoms with Gasteiger partial charge in [0.25, 0.3) is 0 Å². The summed E-state index contributed by atoms with van der Waals surface area (Å²) in [6.45, 7) is 0. The van der Waals surface area contributed by atoms with Crippen molar-refractivity contribution in [2.75, 3.05) is 5.33 Å². The molecule has 5 heteroatoms. The summed E-state index contributed by atoms with van der Waals surface area (Å²) < 4.78 is 3.06. The summed E-state index contributed by atoms with van der Waals surface area (Å²) in [5.41, 5.74) is 0.935. The van der Waals surface area contributed by atoms with Gasteiger partial charge in [0.15, 0.2) is 0 Å². The Balaban J connectivity index is 2.53. The minimum atomic E-state index is -0.534. The summed E-state index contributed by atoms with van der Waals surface area (Å²) in [4.78, 5) is 0. The van der Waals surface area contributed by atoms with E-state index in [4.69, 9.17) is 0 Å². The maximum absolute atomic E-state index is 10.3. The van der Waals surface area contributed by atoms with Crippen molar-refractivity contribution in [1.82, 2.24) is 0 Å². The zero-order chi connectivity index (χ0) is 15.1. The lowest BCUT2D eigenvalue weighted by atomic mass is 9.95. The van der Waals surface area contributed by atoms with E-state index >= 15 is 0 Å². The molecule has 1 N–H and O–H groups in total. The van der Waals surface area contributed by atoms with Gasteiger partial charge in [0, 0.05) is 18.7 Å². The zero-order valence-corrected chi connectivity index (χ0v) is 17.1. The maximum Gasteiger partial charge on any atom is 0.0893 e. The number of hydrogen-bond acceptors (Lipinski definition) is 1. The van der Waals surface area contributed by atoms with Crippen LogP contribution in [0.2, 0.25) is 0 Å². The van der Waals surface area contributed by atoms with E-state index in [0.29, 0.717) is 5.33 Å². The Labute approximate surface area is 156 Å². The third-order valence-corrected chi connectivity index (χ3v) is 5.70. The number of rotatable bonds is 2. The van der Waals surface area contributed by atoms with E-state index in [1.807, 2.05) is 12.1 Å². The van der Waals surface area contributed by atoms with Crippen molar-refractivity contribution in [3.63, 3.8) is 0 Å². The molecule has 0 unspecified atom stereocenters. The number of alkyl halides is 1. The molecular formula is C16H10Br4O. The van der Waals surface area contributed by atoms with Crippen LogP contribution in [0.25, 0.3) is 21.5 Å². The van der Waals surface area contributed by atoms with Crippen LogP contribution in [-0.2, 0) is 0 Å². The fourth-order valence-corrected chi connectivity index (χ4v) is 4.59. The van der Waals surface area contributed by atoms with Gasteiger partial charge in [-0.1, -0.05) is 69.8 Å². The van der Waals surface area contributed by atoms with Gasteiger partial charge in [0.05, 0.1) is 6.10 Å². The highest BCUT2D eigenvalue weighted by Crippen LogP contribution is 2.38. The molecule has 1 nitrogen and oxygen atoms in total. The lowest BCUT2D eigenvalue weighted by Gasteiger charge is -2.15. The van der Waals surface area contributed by atoms with E-state index in [2.05, 4.69) is 88.0 Å². The molecule has 0 aliphatic rings. The third kappa shape index (κ3) is 2.95. The standard InChI is InChI=1S/C16H10Br4O/c17-7-16(21)14-6-13-12(4-9(19)5-15(13)20)11-3-8(18)1-2-10(11)14/h1-6,16,21H,7H2/t16-/m0/s1. The van der Waals surface area contributed by atoms with Crippen LogP contribution < -0.4 is 0 Å².